The molecule has 0 bridgehead atoms. The number of aliphatic hydroxyl groups is 1. The van der Waals surface area contributed by atoms with Gasteiger partial charge in [0, 0.05) is 24.4 Å². The second-order valence-electron chi connectivity index (χ2n) is 6.29. The van der Waals surface area contributed by atoms with Crippen molar-refractivity contribution in [2.45, 2.75) is 31.4 Å². The number of hydrogen-bond acceptors (Lipinski definition) is 5. The monoisotopic (exact) mass is 332 g/mol. The molecule has 0 spiro atoms. The Morgan fingerprint density at radius 2 is 2.21 bits per heavy atom. The maximum Gasteiger partial charge on any atom is 0.325 e. The van der Waals surface area contributed by atoms with Crippen LogP contribution in [0, 0.1) is 5.92 Å². The van der Waals surface area contributed by atoms with Crippen molar-refractivity contribution in [3.8, 4) is 0 Å². The lowest BCUT2D eigenvalue weighted by molar-refractivity contribution is -0.123. The highest BCUT2D eigenvalue weighted by atomic mass is 16.3. The first-order valence-electron chi connectivity index (χ1n) is 7.97. The number of urea groups is 1. The van der Waals surface area contributed by atoms with Gasteiger partial charge in [-0.3, -0.25) is 19.9 Å². The van der Waals surface area contributed by atoms with Crippen LogP contribution in [0.2, 0.25) is 0 Å². The summed E-state index contributed by atoms with van der Waals surface area (Å²) in [6, 6.07) is 4.90. The average Bonchev–Trinajstić information content (AvgIpc) is 2.82. The number of carbonyl (C=O) groups excluding carboxylic acids is 3. The Kier molecular flexibility index (Phi) is 4.75. The molecule has 2 fully saturated rings. The lowest BCUT2D eigenvalue weighted by Crippen LogP contribution is -2.51. The molecule has 0 radical (unpaired) electrons. The fraction of sp³-hybridized carbons (Fsp3) is 0.500. The van der Waals surface area contributed by atoms with Gasteiger partial charge < -0.3 is 15.3 Å². The third-order valence-electron chi connectivity index (χ3n) is 4.42. The van der Waals surface area contributed by atoms with E-state index in [4.69, 9.17) is 0 Å². The van der Waals surface area contributed by atoms with E-state index in [1.807, 2.05) is 18.2 Å². The molecular weight excluding hydrogens is 312 g/mol. The predicted octanol–water partition coefficient (Wildman–Crippen LogP) is -0.568. The molecule has 1 aliphatic carbocycles. The molecule has 1 saturated carbocycles. The molecule has 1 aliphatic heterocycles. The molecule has 3 rings (SSSR count). The topological polar surface area (TPSA) is 112 Å². The van der Waals surface area contributed by atoms with Gasteiger partial charge in [-0.25, -0.2) is 4.79 Å². The Bertz CT molecular complexity index is 630. The molecule has 3 N–H and O–H groups in total. The summed E-state index contributed by atoms with van der Waals surface area (Å²) in [6.45, 7) is -0.259. The fourth-order valence-electron chi connectivity index (χ4n) is 3.07. The van der Waals surface area contributed by atoms with Crippen LogP contribution >= 0.6 is 0 Å². The van der Waals surface area contributed by atoms with Gasteiger partial charge in [0.2, 0.25) is 11.8 Å². The molecule has 128 valence electrons. The first-order valence-corrected chi connectivity index (χ1v) is 7.97. The number of pyridine rings is 1. The number of imide groups is 1. The van der Waals surface area contributed by atoms with Crippen LogP contribution in [0.1, 0.15) is 18.5 Å². The van der Waals surface area contributed by atoms with E-state index in [2.05, 4.69) is 15.6 Å². The van der Waals surface area contributed by atoms with Crippen LogP contribution in [0.4, 0.5) is 4.79 Å². The summed E-state index contributed by atoms with van der Waals surface area (Å²) in [7, 11) is 0. The molecule has 1 atom stereocenters. The van der Waals surface area contributed by atoms with Gasteiger partial charge in [-0.15, -0.1) is 0 Å². The van der Waals surface area contributed by atoms with Crippen LogP contribution in [0.5, 0.6) is 0 Å². The Morgan fingerprint density at radius 3 is 2.79 bits per heavy atom. The summed E-state index contributed by atoms with van der Waals surface area (Å²) in [4.78, 5) is 40.4. The number of nitrogens with one attached hydrogen (secondary N) is 2. The Hall–Kier alpha value is -2.48. The summed E-state index contributed by atoms with van der Waals surface area (Å²) in [5.41, 5.74) is 0.860. The number of aromatic nitrogens is 1. The van der Waals surface area contributed by atoms with Crippen molar-refractivity contribution >= 4 is 17.8 Å². The zero-order valence-electron chi connectivity index (χ0n) is 13.1. The summed E-state index contributed by atoms with van der Waals surface area (Å²) in [6.07, 6.45) is 3.22. The molecule has 8 heteroatoms. The first kappa shape index (κ1) is 16.4. The zero-order chi connectivity index (χ0) is 17.1. The van der Waals surface area contributed by atoms with Gasteiger partial charge >= 0.3 is 6.03 Å². The molecule has 8 nitrogen and oxygen atoms in total. The molecular formula is C16H20N4O4. The first-order chi connectivity index (χ1) is 11.5. The standard InChI is InChI=1S/C16H20N4O4/c21-12-5-10(6-12)13(7-11-3-1-2-4-17-11)18-14(22)8-20-9-15(23)19-16(20)24/h1-4,10,12-13,21H,5-9H2,(H,18,22)(H,19,23,24)/t10?,12?,13-/m1/s1. The van der Waals surface area contributed by atoms with Crippen LogP contribution in [-0.2, 0) is 16.0 Å². The Balaban J connectivity index is 1.59. The van der Waals surface area contributed by atoms with Crippen molar-refractivity contribution in [3.05, 3.63) is 30.1 Å². The second kappa shape index (κ2) is 6.96. The minimum absolute atomic E-state index is 0.0979. The molecule has 0 aromatic carbocycles. The third-order valence-corrected chi connectivity index (χ3v) is 4.42. The normalized spacial score (nSPS) is 24.3. The Morgan fingerprint density at radius 1 is 1.42 bits per heavy atom. The quantitative estimate of drug-likeness (QED) is 0.604. The van der Waals surface area contributed by atoms with E-state index in [1.165, 1.54) is 4.90 Å². The molecule has 24 heavy (non-hydrogen) atoms. The van der Waals surface area contributed by atoms with Crippen LogP contribution in [0.15, 0.2) is 24.4 Å². The average molecular weight is 332 g/mol. The van der Waals surface area contributed by atoms with E-state index in [-0.39, 0.29) is 37.1 Å². The second-order valence-corrected chi connectivity index (χ2v) is 6.29. The summed E-state index contributed by atoms with van der Waals surface area (Å²) in [5.74, 6) is -0.540. The summed E-state index contributed by atoms with van der Waals surface area (Å²) in [5, 5.41) is 14.6. The molecule has 2 aliphatic rings. The molecule has 2 heterocycles. The van der Waals surface area contributed by atoms with Crippen molar-refractivity contribution in [3.63, 3.8) is 0 Å². The van der Waals surface area contributed by atoms with Crippen molar-refractivity contribution in [1.82, 2.24) is 20.5 Å². The van der Waals surface area contributed by atoms with Gasteiger partial charge in [0.05, 0.1) is 6.10 Å². The van der Waals surface area contributed by atoms with Crippen molar-refractivity contribution in [1.29, 1.82) is 0 Å². The van der Waals surface area contributed by atoms with Crippen LogP contribution in [-0.4, -0.2) is 58.1 Å². The van der Waals surface area contributed by atoms with Gasteiger partial charge in [0.1, 0.15) is 13.1 Å². The lowest BCUT2D eigenvalue weighted by Gasteiger charge is -2.38. The molecule has 0 unspecified atom stereocenters. The van der Waals surface area contributed by atoms with Crippen molar-refractivity contribution < 1.29 is 19.5 Å². The van der Waals surface area contributed by atoms with E-state index < -0.39 is 11.9 Å². The van der Waals surface area contributed by atoms with E-state index in [1.54, 1.807) is 6.20 Å². The van der Waals surface area contributed by atoms with Gasteiger partial charge in [0.15, 0.2) is 0 Å². The smallest absolute Gasteiger partial charge is 0.325 e. The highest BCUT2D eigenvalue weighted by Gasteiger charge is 2.36. The van der Waals surface area contributed by atoms with Gasteiger partial charge in [-0.05, 0) is 30.9 Å². The number of aliphatic hydroxyl groups excluding tert-OH is 1. The molecule has 4 amide bonds. The van der Waals surface area contributed by atoms with Gasteiger partial charge in [-0.2, -0.15) is 0 Å². The van der Waals surface area contributed by atoms with E-state index >= 15 is 0 Å². The number of carbonyl (C=O) groups is 3. The Labute approximate surface area is 139 Å². The maximum absolute atomic E-state index is 12.3. The minimum atomic E-state index is -0.546. The largest absolute Gasteiger partial charge is 0.393 e. The van der Waals surface area contributed by atoms with E-state index in [0.717, 1.165) is 5.69 Å². The molecule has 1 aromatic rings. The van der Waals surface area contributed by atoms with E-state index in [9.17, 15) is 19.5 Å². The molecule has 1 aromatic heterocycles. The van der Waals surface area contributed by atoms with E-state index in [0.29, 0.717) is 19.3 Å². The predicted molar refractivity (Wildman–Crippen MR) is 83.7 cm³/mol. The summed E-state index contributed by atoms with van der Waals surface area (Å²) < 4.78 is 0. The fourth-order valence-corrected chi connectivity index (χ4v) is 3.07. The van der Waals surface area contributed by atoms with Crippen LogP contribution in [0.3, 0.4) is 0 Å². The van der Waals surface area contributed by atoms with Crippen LogP contribution < -0.4 is 10.6 Å². The highest BCUT2D eigenvalue weighted by molar-refractivity contribution is 6.03. The number of amides is 4. The summed E-state index contributed by atoms with van der Waals surface area (Å²) >= 11 is 0. The number of hydrogen-bond donors (Lipinski definition) is 3. The van der Waals surface area contributed by atoms with Crippen LogP contribution in [0.25, 0.3) is 0 Å². The lowest BCUT2D eigenvalue weighted by atomic mass is 9.76. The molecule has 1 saturated heterocycles. The SMILES string of the molecule is O=C1CN(CC(=O)N[C@H](Cc2ccccn2)C2CC(O)C2)C(=O)N1. The highest BCUT2D eigenvalue weighted by Crippen LogP contribution is 2.31. The third kappa shape index (κ3) is 3.88. The van der Waals surface area contributed by atoms with Gasteiger partial charge in [0.25, 0.3) is 0 Å². The van der Waals surface area contributed by atoms with Gasteiger partial charge in [-0.1, -0.05) is 6.07 Å². The van der Waals surface area contributed by atoms with Crippen molar-refractivity contribution in [2.75, 3.05) is 13.1 Å². The minimum Gasteiger partial charge on any atom is -0.393 e. The number of rotatable bonds is 6. The number of nitrogens with zero attached hydrogens (tertiary/aromatic N) is 2. The van der Waals surface area contributed by atoms with Crippen molar-refractivity contribution in [2.24, 2.45) is 5.92 Å². The maximum atomic E-state index is 12.3. The zero-order valence-corrected chi connectivity index (χ0v) is 13.1.